The lowest BCUT2D eigenvalue weighted by molar-refractivity contribution is -0.258. The van der Waals surface area contributed by atoms with Crippen LogP contribution in [-0.4, -0.2) is 78.1 Å². The highest BCUT2D eigenvalue weighted by Gasteiger charge is 2.65. The number of benzene rings is 2. The number of hydrogen-bond acceptors (Lipinski definition) is 9. The maximum atomic E-state index is 15.0. The molecule has 1 aliphatic heterocycles. The van der Waals surface area contributed by atoms with Gasteiger partial charge in [0.15, 0.2) is 0 Å². The largest absolute Gasteiger partial charge is 0.459 e. The molecule has 2 saturated carbocycles. The summed E-state index contributed by atoms with van der Waals surface area (Å²) in [7, 11) is 1.54. The molecule has 4 aliphatic rings. The lowest BCUT2D eigenvalue weighted by Crippen LogP contribution is -2.70. The molecule has 0 aromatic heterocycles. The van der Waals surface area contributed by atoms with Crippen LogP contribution < -0.4 is 14.8 Å². The van der Waals surface area contributed by atoms with Crippen LogP contribution in [0.2, 0.25) is 0 Å². The van der Waals surface area contributed by atoms with Crippen LogP contribution in [0.15, 0.2) is 71.9 Å². The summed E-state index contributed by atoms with van der Waals surface area (Å²) in [4.78, 5) is 35.9. The van der Waals surface area contributed by atoms with Crippen molar-refractivity contribution in [2.75, 3.05) is 33.5 Å². The second kappa shape index (κ2) is 27.8. The minimum absolute atomic E-state index is 0.00919. The molecule has 2 fully saturated rings. The summed E-state index contributed by atoms with van der Waals surface area (Å²) in [5.41, 5.74) is 3.27. The highest BCUT2D eigenvalue weighted by Crippen LogP contribution is 2.62. The Labute approximate surface area is 406 Å². The topological polar surface area (TPSA) is 139 Å². The molecule has 376 valence electrons. The predicted octanol–water partition coefficient (Wildman–Crippen LogP) is 12.1. The van der Waals surface area contributed by atoms with Gasteiger partial charge in [0.1, 0.15) is 30.5 Å². The molecule has 68 heavy (non-hydrogen) atoms. The van der Waals surface area contributed by atoms with Crippen LogP contribution in [-0.2, 0) is 20.9 Å². The molecule has 6 rings (SSSR count). The summed E-state index contributed by atoms with van der Waals surface area (Å²) in [5.74, 6) is -1.08. The van der Waals surface area contributed by atoms with E-state index in [1.807, 2.05) is 17.0 Å². The number of hydrogen-bond donors (Lipinski definition) is 3. The van der Waals surface area contributed by atoms with Gasteiger partial charge in [0.05, 0.1) is 18.2 Å². The Morgan fingerprint density at radius 3 is 2.28 bits per heavy atom. The van der Waals surface area contributed by atoms with Crippen LogP contribution in [0.4, 0.5) is 9.18 Å². The van der Waals surface area contributed by atoms with E-state index < -0.39 is 23.8 Å². The third-order valence-corrected chi connectivity index (χ3v) is 15.1. The number of halogens is 1. The summed E-state index contributed by atoms with van der Waals surface area (Å²) >= 11 is 0. The Morgan fingerprint density at radius 2 is 1.60 bits per heavy atom. The molecule has 3 N–H and O–H groups in total. The number of oxime groups is 1. The van der Waals surface area contributed by atoms with Gasteiger partial charge in [0, 0.05) is 50.6 Å². The second-order valence-corrected chi connectivity index (χ2v) is 19.8. The van der Waals surface area contributed by atoms with E-state index in [0.717, 1.165) is 80.9 Å². The number of carbonyl (C=O) groups excluding carboxylic acids is 2. The third-order valence-electron chi connectivity index (χ3n) is 15.1. The fourth-order valence-corrected chi connectivity index (χ4v) is 11.7. The molecule has 2 amide bonds. The first-order chi connectivity index (χ1) is 33.3. The standard InChI is InChI=1S/C56H82FN3O8/c1-4-6-7-8-9-10-11-12-13-18-33-58-55(64)67-45-30-31-50-48(38-45)53-46(24-17-20-35-62)43(23-16-19-34-61)37-47-49(59-65-3)39-51(56(68-50,54(47)53)66-36-5-2)60(40-42-25-28-44(57)29-26-42)52(63)32-27-41-21-14-15-22-41/h5,25-26,28-31,37-38,41,43,46,51,53-54,61-62H,2,4,6-24,27,32-36,39-40H2,1,3H3,(H,58,64)/t43-,46+,51-,53+,54+,56+/m0/s1. The van der Waals surface area contributed by atoms with Crippen LogP contribution in [0.3, 0.4) is 0 Å². The number of amides is 2. The van der Waals surface area contributed by atoms with Crippen molar-refractivity contribution >= 4 is 17.7 Å². The van der Waals surface area contributed by atoms with Crippen LogP contribution in [0.5, 0.6) is 11.5 Å². The van der Waals surface area contributed by atoms with Crippen molar-refractivity contribution in [3.05, 3.63) is 83.7 Å². The molecule has 0 bridgehead atoms. The highest BCUT2D eigenvalue weighted by molar-refractivity contribution is 6.03. The van der Waals surface area contributed by atoms with E-state index in [4.69, 9.17) is 24.2 Å². The molecule has 1 heterocycles. The first kappa shape index (κ1) is 53.1. The van der Waals surface area contributed by atoms with E-state index in [-0.39, 0.29) is 62.3 Å². The molecule has 2 aromatic carbocycles. The van der Waals surface area contributed by atoms with Crippen molar-refractivity contribution in [2.45, 2.75) is 179 Å². The molecular weight excluding hydrogens is 862 g/mol. The average molecular weight is 944 g/mol. The minimum atomic E-state index is -1.44. The Morgan fingerprint density at radius 1 is 0.912 bits per heavy atom. The smallest absolute Gasteiger partial charge is 0.412 e. The van der Waals surface area contributed by atoms with Crippen molar-refractivity contribution in [1.29, 1.82) is 0 Å². The maximum Gasteiger partial charge on any atom is 0.412 e. The van der Waals surface area contributed by atoms with Gasteiger partial charge in [-0.1, -0.05) is 133 Å². The second-order valence-electron chi connectivity index (χ2n) is 19.8. The summed E-state index contributed by atoms with van der Waals surface area (Å²) in [6.07, 6.45) is 26.1. The predicted molar refractivity (Wildman–Crippen MR) is 266 cm³/mol. The number of carbonyl (C=O) groups is 2. The van der Waals surface area contributed by atoms with E-state index >= 15 is 4.79 Å². The van der Waals surface area contributed by atoms with Crippen molar-refractivity contribution in [2.24, 2.45) is 28.8 Å². The number of unbranched alkanes of at least 4 members (excludes halogenated alkanes) is 11. The SMILES string of the molecule is C=CCO[C@@]12Oc3ccc(OC(=O)NCCCCCCCCCCCC)cc3[C@H]3[C@H](CCCCO)[C@@H](CCCCO)C=C(C(=NOC)C[C@@H]1N(Cc1ccc(F)cc1)C(=O)CCC1CCCC1)[C@H]32. The molecule has 0 unspecified atom stereocenters. The van der Waals surface area contributed by atoms with Crippen molar-refractivity contribution in [3.8, 4) is 11.5 Å². The van der Waals surface area contributed by atoms with Gasteiger partial charge in [-0.15, -0.1) is 6.58 Å². The zero-order valence-electron chi connectivity index (χ0n) is 41.3. The molecule has 6 atom stereocenters. The Balaban J connectivity index is 1.38. The molecule has 2 aromatic rings. The normalized spacial score (nSPS) is 23.6. The Bertz CT molecular complexity index is 1930. The number of fused-ring (bicyclic) bond motifs is 2. The van der Waals surface area contributed by atoms with Crippen LogP contribution in [0, 0.1) is 29.5 Å². The Kier molecular flexibility index (Phi) is 21.7. The van der Waals surface area contributed by atoms with Crippen LogP contribution in [0.1, 0.15) is 172 Å². The van der Waals surface area contributed by atoms with E-state index in [1.165, 1.54) is 77.0 Å². The van der Waals surface area contributed by atoms with Crippen molar-refractivity contribution in [1.82, 2.24) is 10.2 Å². The fraction of sp³-hybridized carbons (Fsp3) is 0.661. The zero-order chi connectivity index (χ0) is 48.1. The molecule has 11 nitrogen and oxygen atoms in total. The number of ether oxygens (including phenoxy) is 3. The van der Waals surface area contributed by atoms with Crippen molar-refractivity contribution < 1.29 is 43.2 Å². The maximum absolute atomic E-state index is 15.0. The lowest BCUT2D eigenvalue weighted by Gasteiger charge is -2.60. The first-order valence-corrected chi connectivity index (χ1v) is 26.4. The van der Waals surface area contributed by atoms with Gasteiger partial charge >= 0.3 is 6.09 Å². The van der Waals surface area contributed by atoms with E-state index in [2.05, 4.69) is 24.9 Å². The van der Waals surface area contributed by atoms with Gasteiger partial charge in [-0.05, 0) is 97.7 Å². The zero-order valence-corrected chi connectivity index (χ0v) is 41.3. The van der Waals surface area contributed by atoms with Gasteiger partial charge in [0.25, 0.3) is 0 Å². The van der Waals surface area contributed by atoms with E-state index in [9.17, 15) is 19.4 Å². The molecule has 0 spiro atoms. The monoisotopic (exact) mass is 944 g/mol. The molecule has 0 radical (unpaired) electrons. The van der Waals surface area contributed by atoms with Crippen LogP contribution in [0.25, 0.3) is 0 Å². The number of nitrogens with one attached hydrogen (secondary N) is 1. The van der Waals surface area contributed by atoms with E-state index in [1.54, 1.807) is 24.3 Å². The number of rotatable bonds is 30. The number of aliphatic hydroxyl groups excluding tert-OH is 2. The number of aliphatic hydroxyl groups is 2. The molecule has 3 aliphatic carbocycles. The van der Waals surface area contributed by atoms with Crippen molar-refractivity contribution in [3.63, 3.8) is 0 Å². The third kappa shape index (κ3) is 14.2. The summed E-state index contributed by atoms with van der Waals surface area (Å²) < 4.78 is 34.9. The van der Waals surface area contributed by atoms with Gasteiger partial charge < -0.3 is 39.5 Å². The van der Waals surface area contributed by atoms with Gasteiger partial charge in [-0.3, -0.25) is 4.79 Å². The van der Waals surface area contributed by atoms with Gasteiger partial charge in [-0.2, -0.15) is 0 Å². The highest BCUT2D eigenvalue weighted by atomic mass is 19.1. The summed E-state index contributed by atoms with van der Waals surface area (Å²) in [6.45, 7) is 7.33. The Hall–Kier alpha value is -4.26. The minimum Gasteiger partial charge on any atom is -0.459 e. The molecule has 12 heteroatoms. The molecule has 0 saturated heterocycles. The fourth-order valence-electron chi connectivity index (χ4n) is 11.7. The van der Waals surface area contributed by atoms with Gasteiger partial charge in [-0.25, -0.2) is 9.18 Å². The molecular formula is C56H82FN3O8. The lowest BCUT2D eigenvalue weighted by atomic mass is 9.55. The number of allylic oxidation sites excluding steroid dienone is 1. The summed E-state index contributed by atoms with van der Waals surface area (Å²) in [6, 6.07) is 11.2. The first-order valence-electron chi connectivity index (χ1n) is 26.4. The van der Waals surface area contributed by atoms with E-state index in [0.29, 0.717) is 48.9 Å². The van der Waals surface area contributed by atoms with Crippen LogP contribution >= 0.6 is 0 Å². The van der Waals surface area contributed by atoms with Gasteiger partial charge in [0.2, 0.25) is 11.7 Å². The number of nitrogens with zero attached hydrogens (tertiary/aromatic N) is 2. The summed E-state index contributed by atoms with van der Waals surface area (Å²) in [5, 5.41) is 27.6. The average Bonchev–Trinajstić information content (AvgIpc) is 3.87. The quantitative estimate of drug-likeness (QED) is 0.0400.